The molecule has 2 aromatic rings. The zero-order valence-electron chi connectivity index (χ0n) is 17.3. The van der Waals surface area contributed by atoms with Gasteiger partial charge in [-0.25, -0.2) is 0 Å². The Hall–Kier alpha value is -2.40. The van der Waals surface area contributed by atoms with Crippen LogP contribution >= 0.6 is 0 Å². The Morgan fingerprint density at radius 3 is 2.50 bits per heavy atom. The number of primary amides is 1. The second-order valence-electron chi connectivity index (χ2n) is 8.05. The first-order chi connectivity index (χ1) is 13.4. The number of hydrogen-bond acceptors (Lipinski definition) is 4. The molecule has 5 nitrogen and oxygen atoms in total. The van der Waals surface area contributed by atoms with Gasteiger partial charge in [0.25, 0.3) is 0 Å². The van der Waals surface area contributed by atoms with Crippen LogP contribution in [0.3, 0.4) is 0 Å². The van der Waals surface area contributed by atoms with Crippen LogP contribution < -0.4 is 10.6 Å². The molecule has 1 fully saturated rings. The van der Waals surface area contributed by atoms with E-state index >= 15 is 0 Å². The maximum atomic E-state index is 11.3. The quantitative estimate of drug-likeness (QED) is 0.799. The lowest BCUT2D eigenvalue weighted by atomic mass is 9.98. The molecule has 1 unspecified atom stereocenters. The van der Waals surface area contributed by atoms with Crippen LogP contribution in [0, 0.1) is 13.8 Å². The van der Waals surface area contributed by atoms with Gasteiger partial charge in [0.05, 0.1) is 0 Å². The molecule has 1 aromatic heterocycles. The molecule has 5 heteroatoms. The van der Waals surface area contributed by atoms with E-state index in [2.05, 4.69) is 65.9 Å². The number of anilines is 1. The molecule has 0 saturated carbocycles. The largest absolute Gasteiger partial charge is 0.370 e. The van der Waals surface area contributed by atoms with E-state index in [1.54, 1.807) is 0 Å². The van der Waals surface area contributed by atoms with Crippen molar-refractivity contribution in [3.05, 3.63) is 59.4 Å². The number of piperidine rings is 1. The first-order valence-electron chi connectivity index (χ1n) is 10.2. The van der Waals surface area contributed by atoms with Gasteiger partial charge in [-0.1, -0.05) is 17.7 Å². The Bertz CT molecular complexity index is 781. The molecule has 1 aromatic carbocycles. The van der Waals surface area contributed by atoms with E-state index in [1.807, 2.05) is 12.4 Å². The summed E-state index contributed by atoms with van der Waals surface area (Å²) in [6, 6.07) is 11.6. The fourth-order valence-corrected chi connectivity index (χ4v) is 4.07. The van der Waals surface area contributed by atoms with E-state index in [4.69, 9.17) is 5.73 Å². The predicted molar refractivity (Wildman–Crippen MR) is 114 cm³/mol. The topological polar surface area (TPSA) is 62.5 Å². The molecule has 2 heterocycles. The van der Waals surface area contributed by atoms with E-state index in [0.717, 1.165) is 32.5 Å². The van der Waals surface area contributed by atoms with Gasteiger partial charge in [-0.2, -0.15) is 0 Å². The summed E-state index contributed by atoms with van der Waals surface area (Å²) in [5, 5.41) is 0. The third-order valence-electron chi connectivity index (χ3n) is 5.91. The highest BCUT2D eigenvalue weighted by Gasteiger charge is 2.28. The van der Waals surface area contributed by atoms with E-state index in [0.29, 0.717) is 12.5 Å². The number of aromatic nitrogens is 1. The Morgan fingerprint density at radius 1 is 1.21 bits per heavy atom. The number of rotatable bonds is 7. The first kappa shape index (κ1) is 20.3. The van der Waals surface area contributed by atoms with Gasteiger partial charge in [-0.3, -0.25) is 14.7 Å². The summed E-state index contributed by atoms with van der Waals surface area (Å²) in [5.41, 5.74) is 10.5. The molecule has 0 bridgehead atoms. The summed E-state index contributed by atoms with van der Waals surface area (Å²) in [5.74, 6) is -0.219. The first-order valence-corrected chi connectivity index (χ1v) is 10.2. The molecule has 0 radical (unpaired) electrons. The van der Waals surface area contributed by atoms with E-state index in [9.17, 15) is 4.79 Å². The van der Waals surface area contributed by atoms with Gasteiger partial charge in [0, 0.05) is 56.2 Å². The van der Waals surface area contributed by atoms with Crippen molar-refractivity contribution in [1.29, 1.82) is 0 Å². The Kier molecular flexibility index (Phi) is 6.68. The van der Waals surface area contributed by atoms with Crippen molar-refractivity contribution in [2.45, 2.75) is 58.7 Å². The number of amides is 1. The number of nitrogens with zero attached hydrogens (tertiary/aromatic N) is 3. The van der Waals surface area contributed by atoms with Crippen LogP contribution in [-0.4, -0.2) is 41.0 Å². The molecule has 2 N–H and O–H groups in total. The SMILES string of the molecule is Cc1ccc(N(Cc2cnccc2C)C2CCN(C(C)CC(N)=O)CC2)cc1. The average Bonchev–Trinajstić information content (AvgIpc) is 2.68. The summed E-state index contributed by atoms with van der Waals surface area (Å²) < 4.78 is 0. The minimum absolute atomic E-state index is 0.215. The predicted octanol–water partition coefficient (Wildman–Crippen LogP) is 3.43. The zero-order valence-corrected chi connectivity index (χ0v) is 17.3. The highest BCUT2D eigenvalue weighted by atomic mass is 16.1. The summed E-state index contributed by atoms with van der Waals surface area (Å²) >= 11 is 0. The van der Waals surface area contributed by atoms with Gasteiger partial charge in [-0.15, -0.1) is 0 Å². The van der Waals surface area contributed by atoms with Crippen LogP contribution in [0.25, 0.3) is 0 Å². The summed E-state index contributed by atoms with van der Waals surface area (Å²) in [7, 11) is 0. The molecule has 3 rings (SSSR count). The van der Waals surface area contributed by atoms with Crippen molar-refractivity contribution >= 4 is 11.6 Å². The number of benzene rings is 1. The van der Waals surface area contributed by atoms with Gasteiger partial charge >= 0.3 is 0 Å². The fraction of sp³-hybridized carbons (Fsp3) is 0.478. The third-order valence-corrected chi connectivity index (χ3v) is 5.91. The molecule has 1 aliphatic rings. The third kappa shape index (κ3) is 5.10. The molecule has 1 saturated heterocycles. The van der Waals surface area contributed by atoms with Gasteiger partial charge < -0.3 is 10.6 Å². The number of pyridine rings is 1. The minimum atomic E-state index is -0.219. The molecule has 0 spiro atoms. The maximum Gasteiger partial charge on any atom is 0.218 e. The van der Waals surface area contributed by atoms with Crippen molar-refractivity contribution in [1.82, 2.24) is 9.88 Å². The summed E-state index contributed by atoms with van der Waals surface area (Å²) in [6.07, 6.45) is 6.43. The summed E-state index contributed by atoms with van der Waals surface area (Å²) in [4.78, 5) is 20.5. The molecule has 1 atom stereocenters. The number of carbonyl (C=O) groups excluding carboxylic acids is 1. The number of nitrogens with two attached hydrogens (primary N) is 1. The number of likely N-dealkylation sites (tertiary alicyclic amines) is 1. The molecular weight excluding hydrogens is 348 g/mol. The average molecular weight is 381 g/mol. The van der Waals surface area contributed by atoms with Crippen molar-refractivity contribution in [3.8, 4) is 0 Å². The monoisotopic (exact) mass is 380 g/mol. The Morgan fingerprint density at radius 2 is 1.89 bits per heavy atom. The van der Waals surface area contributed by atoms with Crippen LogP contribution in [0.15, 0.2) is 42.7 Å². The molecular formula is C23H32N4O. The molecule has 0 aliphatic carbocycles. The minimum Gasteiger partial charge on any atom is -0.370 e. The van der Waals surface area contributed by atoms with Crippen LogP contribution in [0.1, 0.15) is 42.9 Å². The van der Waals surface area contributed by atoms with Crippen LogP contribution in [0.5, 0.6) is 0 Å². The normalized spacial score (nSPS) is 16.7. The van der Waals surface area contributed by atoms with Crippen molar-refractivity contribution in [2.24, 2.45) is 5.73 Å². The number of aryl methyl sites for hydroxylation is 2. The van der Waals surface area contributed by atoms with Crippen molar-refractivity contribution in [2.75, 3.05) is 18.0 Å². The second-order valence-corrected chi connectivity index (χ2v) is 8.05. The number of hydrogen-bond donors (Lipinski definition) is 1. The smallest absolute Gasteiger partial charge is 0.218 e. The lowest BCUT2D eigenvalue weighted by Gasteiger charge is -2.42. The Balaban J connectivity index is 1.75. The zero-order chi connectivity index (χ0) is 20.1. The highest BCUT2D eigenvalue weighted by Crippen LogP contribution is 2.27. The molecule has 150 valence electrons. The van der Waals surface area contributed by atoms with Gasteiger partial charge in [0.1, 0.15) is 0 Å². The van der Waals surface area contributed by atoms with Crippen molar-refractivity contribution < 1.29 is 4.79 Å². The lowest BCUT2D eigenvalue weighted by molar-refractivity contribution is -0.119. The van der Waals surface area contributed by atoms with Crippen LogP contribution in [0.4, 0.5) is 5.69 Å². The van der Waals surface area contributed by atoms with Gasteiger partial charge in [0.15, 0.2) is 0 Å². The van der Waals surface area contributed by atoms with Crippen LogP contribution in [-0.2, 0) is 11.3 Å². The fourth-order valence-electron chi connectivity index (χ4n) is 4.07. The molecule has 1 amide bonds. The number of carbonyl (C=O) groups is 1. The van der Waals surface area contributed by atoms with Gasteiger partial charge in [0.2, 0.25) is 5.91 Å². The van der Waals surface area contributed by atoms with E-state index in [1.165, 1.54) is 22.4 Å². The summed E-state index contributed by atoms with van der Waals surface area (Å²) in [6.45, 7) is 9.23. The lowest BCUT2D eigenvalue weighted by Crippen LogP contribution is -2.48. The van der Waals surface area contributed by atoms with E-state index in [-0.39, 0.29) is 11.9 Å². The standard InChI is InChI=1S/C23H32N4O/c1-17-4-6-21(7-5-17)27(16-20-15-25-11-8-18(20)2)22-9-12-26(13-10-22)19(3)14-23(24)28/h4-8,11,15,19,22H,9-10,12-14,16H2,1-3H3,(H2,24,28). The van der Waals surface area contributed by atoms with Crippen LogP contribution in [0.2, 0.25) is 0 Å². The second kappa shape index (κ2) is 9.20. The maximum absolute atomic E-state index is 11.3. The highest BCUT2D eigenvalue weighted by molar-refractivity contribution is 5.74. The van der Waals surface area contributed by atoms with Gasteiger partial charge in [-0.05, 0) is 62.9 Å². The van der Waals surface area contributed by atoms with E-state index < -0.39 is 0 Å². The molecule has 28 heavy (non-hydrogen) atoms. The Labute approximate surface area is 168 Å². The molecule has 1 aliphatic heterocycles. The van der Waals surface area contributed by atoms with Crippen molar-refractivity contribution in [3.63, 3.8) is 0 Å².